The van der Waals surface area contributed by atoms with E-state index in [2.05, 4.69) is 34.9 Å². The Balaban J connectivity index is 1.26. The molecule has 0 amide bonds. The van der Waals surface area contributed by atoms with Crippen molar-refractivity contribution in [2.24, 2.45) is 0 Å². The summed E-state index contributed by atoms with van der Waals surface area (Å²) in [6, 6.07) is 7.46. The molecule has 6 nitrogen and oxygen atoms in total. The van der Waals surface area contributed by atoms with Crippen molar-refractivity contribution in [1.29, 1.82) is 0 Å². The number of nitrogens with zero attached hydrogens (tertiary/aromatic N) is 3. The third-order valence-corrected chi connectivity index (χ3v) is 6.64. The highest BCUT2D eigenvalue weighted by atomic mass is 32.1. The third kappa shape index (κ3) is 5.65. The topological polar surface area (TPSA) is 65.1 Å². The quantitative estimate of drug-likeness (QED) is 0.569. The molecule has 3 N–H and O–H groups in total. The maximum absolute atomic E-state index is 13.8. The van der Waals surface area contributed by atoms with Crippen LogP contribution in [0.5, 0.6) is 0 Å². The second-order valence-corrected chi connectivity index (χ2v) is 9.42. The Morgan fingerprint density at radius 3 is 2.53 bits per heavy atom. The maximum Gasteiger partial charge on any atom is 0.225 e. The Kier molecular flexibility index (Phi) is 7.40. The first kappa shape index (κ1) is 22.7. The van der Waals surface area contributed by atoms with Gasteiger partial charge in [-0.3, -0.25) is 0 Å². The molecule has 1 aromatic heterocycles. The highest BCUT2D eigenvalue weighted by Gasteiger charge is 2.24. The van der Waals surface area contributed by atoms with Crippen LogP contribution in [0, 0.1) is 5.82 Å². The van der Waals surface area contributed by atoms with Crippen molar-refractivity contribution < 1.29 is 4.39 Å². The van der Waals surface area contributed by atoms with E-state index in [1.54, 1.807) is 12.1 Å². The number of rotatable bonds is 6. The van der Waals surface area contributed by atoms with Crippen molar-refractivity contribution in [3.05, 3.63) is 46.9 Å². The number of hydrogen-bond donors (Lipinski definition) is 3. The van der Waals surface area contributed by atoms with Crippen LogP contribution in [0.2, 0.25) is 0 Å². The molecule has 32 heavy (non-hydrogen) atoms. The minimum atomic E-state index is -0.212. The molecule has 2 aliphatic rings. The van der Waals surface area contributed by atoms with Crippen LogP contribution in [0.1, 0.15) is 55.3 Å². The Bertz CT molecular complexity index is 942. The van der Waals surface area contributed by atoms with Gasteiger partial charge in [0.1, 0.15) is 11.6 Å². The number of hydrogen-bond acceptors (Lipinski definition) is 5. The lowest BCUT2D eigenvalue weighted by molar-refractivity contribution is 0.385. The van der Waals surface area contributed by atoms with Crippen LogP contribution in [0.4, 0.5) is 16.2 Å². The summed E-state index contributed by atoms with van der Waals surface area (Å²) < 4.78 is 13.8. The van der Waals surface area contributed by atoms with Crippen LogP contribution in [0.25, 0.3) is 0 Å². The van der Waals surface area contributed by atoms with Crippen molar-refractivity contribution >= 4 is 29.1 Å². The minimum absolute atomic E-state index is 0.212. The number of nitrogens with one attached hydrogen (secondary N) is 3. The average molecular weight is 457 g/mol. The molecule has 1 fully saturated rings. The first-order valence-corrected chi connectivity index (χ1v) is 12.0. The Morgan fingerprint density at radius 2 is 1.78 bits per heavy atom. The van der Waals surface area contributed by atoms with Crippen molar-refractivity contribution in [3.8, 4) is 0 Å². The smallest absolute Gasteiger partial charge is 0.225 e. The van der Waals surface area contributed by atoms with Crippen LogP contribution in [-0.2, 0) is 19.4 Å². The number of aromatic nitrogens is 2. The van der Waals surface area contributed by atoms with E-state index >= 15 is 0 Å². The number of aryl methyl sites for hydroxylation is 1. The predicted molar refractivity (Wildman–Crippen MR) is 132 cm³/mol. The van der Waals surface area contributed by atoms with Gasteiger partial charge >= 0.3 is 0 Å². The summed E-state index contributed by atoms with van der Waals surface area (Å²) in [5.41, 5.74) is 3.14. The number of halogens is 1. The van der Waals surface area contributed by atoms with Gasteiger partial charge in [0.2, 0.25) is 5.95 Å². The van der Waals surface area contributed by atoms with Crippen LogP contribution in [0.15, 0.2) is 24.3 Å². The lowest BCUT2D eigenvalue weighted by atomic mass is 9.91. The van der Waals surface area contributed by atoms with Gasteiger partial charge in [-0.15, -0.1) is 0 Å². The summed E-state index contributed by atoms with van der Waals surface area (Å²) in [7, 11) is 4.11. The zero-order valence-electron chi connectivity index (χ0n) is 19.0. The van der Waals surface area contributed by atoms with Gasteiger partial charge in [-0.2, -0.15) is 4.98 Å². The molecule has 0 unspecified atom stereocenters. The molecule has 0 atom stereocenters. The monoisotopic (exact) mass is 456 g/mol. The van der Waals surface area contributed by atoms with E-state index in [9.17, 15) is 4.39 Å². The maximum atomic E-state index is 13.8. The van der Waals surface area contributed by atoms with Gasteiger partial charge in [0.05, 0.1) is 5.69 Å². The van der Waals surface area contributed by atoms with Crippen LogP contribution >= 0.6 is 12.2 Å². The Labute approximate surface area is 195 Å². The molecule has 2 aliphatic carbocycles. The summed E-state index contributed by atoms with van der Waals surface area (Å²) in [6.45, 7) is 0.388. The third-order valence-electron chi connectivity index (χ3n) is 6.38. The van der Waals surface area contributed by atoms with Crippen molar-refractivity contribution in [3.63, 3.8) is 0 Å². The Morgan fingerprint density at radius 1 is 1.06 bits per heavy atom. The Hall–Kier alpha value is -2.48. The molecule has 0 aliphatic heterocycles. The molecular weight excluding hydrogens is 423 g/mol. The zero-order chi connectivity index (χ0) is 22.5. The summed E-state index contributed by atoms with van der Waals surface area (Å²) >= 11 is 5.42. The summed E-state index contributed by atoms with van der Waals surface area (Å²) in [4.78, 5) is 11.8. The number of fused-ring (bicyclic) bond motifs is 1. The molecule has 1 heterocycles. The van der Waals surface area contributed by atoms with E-state index in [0.29, 0.717) is 29.3 Å². The van der Waals surface area contributed by atoms with E-state index in [4.69, 9.17) is 22.2 Å². The fraction of sp³-hybridized carbons (Fsp3) is 0.542. The van der Waals surface area contributed by atoms with Gasteiger partial charge in [-0.05, 0) is 69.7 Å². The van der Waals surface area contributed by atoms with E-state index in [0.717, 1.165) is 50.3 Å². The van der Waals surface area contributed by atoms with Crippen LogP contribution in [-0.4, -0.2) is 41.3 Å². The molecule has 4 rings (SSSR count). The highest BCUT2D eigenvalue weighted by Crippen LogP contribution is 2.29. The first-order valence-electron chi connectivity index (χ1n) is 11.6. The molecule has 0 spiro atoms. The van der Waals surface area contributed by atoms with Gasteiger partial charge in [-0.1, -0.05) is 18.2 Å². The highest BCUT2D eigenvalue weighted by molar-refractivity contribution is 7.80. The molecule has 0 bridgehead atoms. The second kappa shape index (κ2) is 10.4. The number of anilines is 2. The predicted octanol–water partition coefficient (Wildman–Crippen LogP) is 3.95. The number of benzene rings is 1. The van der Waals surface area contributed by atoms with E-state index in [1.807, 2.05) is 6.07 Å². The van der Waals surface area contributed by atoms with Gasteiger partial charge in [0, 0.05) is 43.9 Å². The van der Waals surface area contributed by atoms with Gasteiger partial charge < -0.3 is 20.9 Å². The lowest BCUT2D eigenvalue weighted by Gasteiger charge is -2.31. The molecule has 2 aromatic rings. The average Bonchev–Trinajstić information content (AvgIpc) is 2.79. The van der Waals surface area contributed by atoms with Crippen molar-refractivity contribution in [1.82, 2.24) is 20.6 Å². The normalized spacial score (nSPS) is 20.2. The minimum Gasteiger partial charge on any atom is -0.362 e. The molecular formula is C24H33FN6S. The summed E-state index contributed by atoms with van der Waals surface area (Å²) in [6.07, 6.45) is 8.65. The summed E-state index contributed by atoms with van der Waals surface area (Å²) in [5, 5.41) is 10.7. The molecule has 1 saturated carbocycles. The van der Waals surface area contributed by atoms with Gasteiger partial charge in [-0.25, -0.2) is 9.37 Å². The standard InChI is InChI=1S/C24H33FN6S/c1-31(2)22-19-8-4-6-10-21(19)29-23(30-22)27-17-11-13-18(14-12-17)28-24(32)26-15-16-7-3-5-9-20(16)25/h3,5,7,9,17-18H,4,6,8,10-15H2,1-2H3,(H2,26,28,32)(H,27,29,30). The second-order valence-electron chi connectivity index (χ2n) is 9.01. The number of thiocarbonyl (C=S) groups is 1. The molecule has 0 radical (unpaired) electrons. The van der Waals surface area contributed by atoms with E-state index in [-0.39, 0.29) is 5.82 Å². The fourth-order valence-corrected chi connectivity index (χ4v) is 4.87. The molecule has 1 aromatic carbocycles. The van der Waals surface area contributed by atoms with Crippen molar-refractivity contribution in [2.45, 2.75) is 70.0 Å². The van der Waals surface area contributed by atoms with E-state index in [1.165, 1.54) is 30.2 Å². The van der Waals surface area contributed by atoms with Crippen LogP contribution < -0.4 is 20.9 Å². The lowest BCUT2D eigenvalue weighted by Crippen LogP contribution is -2.44. The summed E-state index contributed by atoms with van der Waals surface area (Å²) in [5.74, 6) is 1.60. The fourth-order valence-electron chi connectivity index (χ4n) is 4.63. The molecule has 0 saturated heterocycles. The van der Waals surface area contributed by atoms with Crippen LogP contribution in [0.3, 0.4) is 0 Å². The van der Waals surface area contributed by atoms with E-state index < -0.39 is 0 Å². The SMILES string of the molecule is CN(C)c1nc(NC2CCC(NC(=S)NCc3ccccc3F)CC2)nc2c1CCCC2. The van der Waals surface area contributed by atoms with Crippen molar-refractivity contribution in [2.75, 3.05) is 24.3 Å². The first-order chi connectivity index (χ1) is 15.5. The largest absolute Gasteiger partial charge is 0.362 e. The molecule has 8 heteroatoms. The van der Waals surface area contributed by atoms with Gasteiger partial charge in [0.15, 0.2) is 5.11 Å². The van der Waals surface area contributed by atoms with Gasteiger partial charge in [0.25, 0.3) is 0 Å². The molecule has 172 valence electrons. The zero-order valence-corrected chi connectivity index (χ0v) is 19.8.